The van der Waals surface area contributed by atoms with E-state index in [4.69, 9.17) is 17.0 Å². The number of thiocarbonyl (C=S) groups is 1. The summed E-state index contributed by atoms with van der Waals surface area (Å²) >= 11 is 5.87. The van der Waals surface area contributed by atoms with Gasteiger partial charge < -0.3 is 24.8 Å². The first-order valence-corrected chi connectivity index (χ1v) is 13.4. The number of methoxy groups -OCH3 is 1. The van der Waals surface area contributed by atoms with Gasteiger partial charge in [0.25, 0.3) is 5.69 Å². The zero-order chi connectivity index (χ0) is 29.3. The molecule has 0 unspecified atom stereocenters. The maximum atomic E-state index is 12.7. The fraction of sp³-hybridized carbons (Fsp3) is 0.233. The molecule has 1 aliphatic rings. The summed E-state index contributed by atoms with van der Waals surface area (Å²) in [6.07, 6.45) is 3.60. The zero-order valence-corrected chi connectivity index (χ0v) is 23.9. The number of nitrogens with one attached hydrogen (secondary N) is 2. The van der Waals surface area contributed by atoms with Crippen molar-refractivity contribution in [2.75, 3.05) is 17.3 Å². The van der Waals surface area contributed by atoms with Gasteiger partial charge in [0.1, 0.15) is 11.8 Å². The van der Waals surface area contributed by atoms with Crippen molar-refractivity contribution in [3.8, 4) is 11.4 Å². The van der Waals surface area contributed by atoms with Gasteiger partial charge in [-0.15, -0.1) is 0 Å². The van der Waals surface area contributed by atoms with E-state index in [0.29, 0.717) is 22.2 Å². The lowest BCUT2D eigenvalue weighted by atomic mass is 9.95. The van der Waals surface area contributed by atoms with Gasteiger partial charge in [-0.2, -0.15) is 0 Å². The van der Waals surface area contributed by atoms with Crippen LogP contribution in [0.1, 0.15) is 44.2 Å². The van der Waals surface area contributed by atoms with Crippen molar-refractivity contribution in [1.29, 1.82) is 0 Å². The summed E-state index contributed by atoms with van der Waals surface area (Å²) in [5, 5.41) is 18.4. The van der Waals surface area contributed by atoms with Gasteiger partial charge in [0.2, 0.25) is 5.91 Å². The molecule has 10 nitrogen and oxygen atoms in total. The summed E-state index contributed by atoms with van der Waals surface area (Å²) in [6.45, 7) is 5.53. The second kappa shape index (κ2) is 11.0. The third kappa shape index (κ3) is 5.48. The Hall–Kier alpha value is -4.77. The molecule has 0 spiro atoms. The first kappa shape index (κ1) is 27.8. The minimum atomic E-state index is -0.580. The third-order valence-electron chi connectivity index (χ3n) is 6.89. The fourth-order valence-electron chi connectivity index (χ4n) is 4.80. The van der Waals surface area contributed by atoms with Gasteiger partial charge in [-0.3, -0.25) is 19.9 Å². The van der Waals surface area contributed by atoms with E-state index in [0.717, 1.165) is 17.1 Å². The van der Waals surface area contributed by atoms with E-state index in [1.165, 1.54) is 6.07 Å². The lowest BCUT2D eigenvalue weighted by Crippen LogP contribution is -2.30. The topological polar surface area (TPSA) is 115 Å². The number of nitro groups is 1. The molecule has 11 heteroatoms. The number of nitro benzene ring substituents is 1. The van der Waals surface area contributed by atoms with Gasteiger partial charge in [-0.25, -0.2) is 0 Å². The van der Waals surface area contributed by atoms with Crippen LogP contribution in [0.2, 0.25) is 0 Å². The van der Waals surface area contributed by atoms with Crippen molar-refractivity contribution >= 4 is 40.3 Å². The van der Waals surface area contributed by atoms with E-state index in [2.05, 4.69) is 15.6 Å². The zero-order valence-electron chi connectivity index (χ0n) is 23.1. The van der Waals surface area contributed by atoms with E-state index < -0.39 is 10.3 Å². The third-order valence-corrected chi connectivity index (χ3v) is 7.21. The van der Waals surface area contributed by atoms with Crippen LogP contribution in [0.3, 0.4) is 0 Å². The summed E-state index contributed by atoms with van der Waals surface area (Å²) < 4.78 is 7.60. The Morgan fingerprint density at radius 3 is 2.56 bits per heavy atom. The molecular weight excluding hydrogens is 540 g/mol. The van der Waals surface area contributed by atoms with Crippen molar-refractivity contribution < 1.29 is 14.5 Å². The number of pyridine rings is 1. The average molecular weight is 571 g/mol. The van der Waals surface area contributed by atoms with Crippen molar-refractivity contribution in [3.05, 3.63) is 107 Å². The summed E-state index contributed by atoms with van der Waals surface area (Å²) in [5.74, 6) is 0.349. The highest BCUT2D eigenvalue weighted by Crippen LogP contribution is 2.44. The second-order valence-corrected chi connectivity index (χ2v) is 11.1. The molecule has 5 rings (SSSR count). The van der Waals surface area contributed by atoms with E-state index in [-0.39, 0.29) is 23.7 Å². The summed E-state index contributed by atoms with van der Waals surface area (Å²) in [5.41, 5.74) is 2.99. The van der Waals surface area contributed by atoms with Crippen molar-refractivity contribution in [2.45, 2.75) is 32.9 Å². The Labute approximate surface area is 243 Å². The largest absolute Gasteiger partial charge is 0.494 e. The summed E-state index contributed by atoms with van der Waals surface area (Å²) in [7, 11) is 1.55. The maximum Gasteiger partial charge on any atom is 0.271 e. The second-order valence-electron chi connectivity index (χ2n) is 10.7. The van der Waals surface area contributed by atoms with Gasteiger partial charge in [-0.05, 0) is 54.7 Å². The quantitative estimate of drug-likeness (QED) is 0.159. The molecule has 2 aromatic carbocycles. The molecule has 0 aliphatic carbocycles. The van der Waals surface area contributed by atoms with E-state index in [9.17, 15) is 14.9 Å². The first-order valence-electron chi connectivity index (χ1n) is 13.0. The van der Waals surface area contributed by atoms with E-state index >= 15 is 0 Å². The lowest BCUT2D eigenvalue weighted by Gasteiger charge is -2.29. The van der Waals surface area contributed by atoms with Crippen molar-refractivity contribution in [3.63, 3.8) is 0 Å². The van der Waals surface area contributed by atoms with Crippen LogP contribution in [0.15, 0.2) is 85.2 Å². The van der Waals surface area contributed by atoms with Crippen molar-refractivity contribution in [1.82, 2.24) is 14.9 Å². The molecule has 0 saturated carbocycles. The highest BCUT2D eigenvalue weighted by molar-refractivity contribution is 7.80. The molecule has 210 valence electrons. The van der Waals surface area contributed by atoms with Gasteiger partial charge in [-0.1, -0.05) is 32.9 Å². The number of hydrogen-bond donors (Lipinski definition) is 2. The van der Waals surface area contributed by atoms with Gasteiger partial charge >= 0.3 is 0 Å². The van der Waals surface area contributed by atoms with E-state index in [1.807, 2.05) is 85.0 Å². The molecular formula is C30H30N6O4S. The van der Waals surface area contributed by atoms with Gasteiger partial charge in [0.05, 0.1) is 35.1 Å². The predicted molar refractivity (Wildman–Crippen MR) is 161 cm³/mol. The minimum Gasteiger partial charge on any atom is -0.494 e. The Bertz CT molecular complexity index is 1610. The number of ether oxygens (including phenoxy) is 1. The number of carbonyl (C=O) groups excluding carboxylic acids is 1. The monoisotopic (exact) mass is 570 g/mol. The molecule has 1 fully saturated rings. The van der Waals surface area contributed by atoms with Crippen LogP contribution in [-0.4, -0.2) is 32.6 Å². The Morgan fingerprint density at radius 2 is 1.88 bits per heavy atom. The number of hydrogen-bond acceptors (Lipinski definition) is 6. The standard InChI is InChI=1S/C30H30N6O4S/c1-30(2,3)28(37)32-22-14-13-20(18-25(22)40-4)35-27(26(33-29(35)41)23-11-5-6-15-31-23)24-12-8-16-34(24)19-9-7-10-21(17-19)36(38)39/h5-18,26-27H,1-4H3,(H,32,37)(H,33,41)/t26-,27-/m1/s1. The number of amides is 1. The molecule has 1 amide bonds. The number of carbonyl (C=O) groups is 1. The number of benzene rings is 2. The van der Waals surface area contributed by atoms with Crippen LogP contribution >= 0.6 is 12.2 Å². The summed E-state index contributed by atoms with van der Waals surface area (Å²) in [6, 6.07) is 20.9. The normalized spacial score (nSPS) is 16.8. The van der Waals surface area contributed by atoms with Gasteiger partial charge in [0, 0.05) is 47.4 Å². The Balaban J connectivity index is 1.62. The molecule has 2 atom stereocenters. The van der Waals surface area contributed by atoms with Crippen LogP contribution in [0, 0.1) is 15.5 Å². The molecule has 41 heavy (non-hydrogen) atoms. The Kier molecular flexibility index (Phi) is 7.46. The molecule has 1 saturated heterocycles. The summed E-state index contributed by atoms with van der Waals surface area (Å²) in [4.78, 5) is 30.4. The smallest absolute Gasteiger partial charge is 0.271 e. The Morgan fingerprint density at radius 1 is 1.07 bits per heavy atom. The van der Waals surface area contributed by atoms with Crippen molar-refractivity contribution in [2.24, 2.45) is 5.41 Å². The van der Waals surface area contributed by atoms with Crippen LogP contribution in [0.5, 0.6) is 5.75 Å². The minimum absolute atomic E-state index is 0.00187. The van der Waals surface area contributed by atoms with Gasteiger partial charge in [0.15, 0.2) is 5.11 Å². The van der Waals surface area contributed by atoms with Crippen LogP contribution in [0.4, 0.5) is 17.1 Å². The highest BCUT2D eigenvalue weighted by Gasteiger charge is 2.42. The van der Waals surface area contributed by atoms with Crippen LogP contribution < -0.4 is 20.3 Å². The molecule has 0 radical (unpaired) electrons. The SMILES string of the molecule is COc1cc(N2C(=S)N[C@H](c3ccccn3)[C@H]2c2cccn2-c2cccc([N+](=O)[O-])c2)ccc1NC(=O)C(C)(C)C. The molecule has 2 N–H and O–H groups in total. The van der Waals surface area contributed by atoms with E-state index in [1.54, 1.807) is 31.5 Å². The average Bonchev–Trinajstić information content (AvgIpc) is 3.57. The number of nitrogens with zero attached hydrogens (tertiary/aromatic N) is 4. The van der Waals surface area contributed by atoms with Crippen LogP contribution in [0.25, 0.3) is 5.69 Å². The number of rotatable bonds is 7. The number of non-ortho nitro benzene ring substituents is 1. The maximum absolute atomic E-state index is 12.7. The molecule has 0 bridgehead atoms. The predicted octanol–water partition coefficient (Wildman–Crippen LogP) is 5.95. The molecule has 2 aromatic heterocycles. The molecule has 1 aliphatic heterocycles. The van der Waals surface area contributed by atoms with Crippen LogP contribution in [-0.2, 0) is 4.79 Å². The fourth-order valence-corrected chi connectivity index (χ4v) is 5.15. The lowest BCUT2D eigenvalue weighted by molar-refractivity contribution is -0.384. The number of anilines is 2. The highest BCUT2D eigenvalue weighted by atomic mass is 32.1. The molecule has 3 heterocycles. The number of aromatic nitrogens is 2. The molecule has 4 aromatic rings. The first-order chi connectivity index (χ1) is 19.6.